The van der Waals surface area contributed by atoms with Crippen LogP contribution in [0.5, 0.6) is 0 Å². The number of anilines is 1. The zero-order valence-electron chi connectivity index (χ0n) is 17.4. The van der Waals surface area contributed by atoms with Gasteiger partial charge in [-0.2, -0.15) is 0 Å². The second kappa shape index (κ2) is 7.48. The third-order valence-electron chi connectivity index (χ3n) is 4.68. The number of ether oxygens (including phenoxy) is 1. The molecule has 2 aromatic rings. The lowest BCUT2D eigenvalue weighted by Crippen LogP contribution is -2.57. The third kappa shape index (κ3) is 4.64. The lowest BCUT2D eigenvalue weighted by atomic mass is 9.81. The lowest BCUT2D eigenvalue weighted by Gasteiger charge is -2.37. The molecule has 5 nitrogen and oxygen atoms in total. The van der Waals surface area contributed by atoms with E-state index in [0.29, 0.717) is 16.8 Å². The number of carbonyl (C=O) groups excluding carboxylic acids is 2. The van der Waals surface area contributed by atoms with Gasteiger partial charge in [0.2, 0.25) is 0 Å². The zero-order chi connectivity index (χ0) is 21.4. The fourth-order valence-electron chi connectivity index (χ4n) is 4.04. The number of rotatable bonds is 5. The molecule has 0 fully saturated rings. The van der Waals surface area contributed by atoms with Crippen LogP contribution in [-0.2, 0) is 15.3 Å². The summed E-state index contributed by atoms with van der Waals surface area (Å²) in [5, 5.41) is 6.28. The van der Waals surface area contributed by atoms with Crippen molar-refractivity contribution in [3.05, 3.63) is 64.1 Å². The molecule has 0 saturated heterocycles. The first-order valence-corrected chi connectivity index (χ1v) is 10.4. The van der Waals surface area contributed by atoms with Gasteiger partial charge in [0, 0.05) is 21.3 Å². The predicted molar refractivity (Wildman–Crippen MR) is 118 cm³/mol. The van der Waals surface area contributed by atoms with Crippen LogP contribution in [0.3, 0.4) is 0 Å². The van der Waals surface area contributed by atoms with Crippen LogP contribution in [0, 0.1) is 5.41 Å². The smallest absolute Gasteiger partial charge is 0.341 e. The van der Waals surface area contributed by atoms with Crippen LogP contribution in [0.2, 0.25) is 0 Å². The molecule has 0 aliphatic carbocycles. The Morgan fingerprint density at radius 2 is 1.66 bits per heavy atom. The zero-order valence-corrected chi connectivity index (χ0v) is 19.0. The molecule has 2 aromatic carbocycles. The summed E-state index contributed by atoms with van der Waals surface area (Å²) >= 11 is 3.41. The summed E-state index contributed by atoms with van der Waals surface area (Å²) in [5.41, 5.74) is -0.531. The highest BCUT2D eigenvalue weighted by Gasteiger charge is 2.53. The molecule has 1 heterocycles. The van der Waals surface area contributed by atoms with E-state index in [4.69, 9.17) is 4.74 Å². The first-order chi connectivity index (χ1) is 13.4. The SMILES string of the molecule is CC(C)(C)CC(C)(C)NC(=O)C1(Nc2ccc(Br)cc2)OC(=O)c2ccccc21. The highest BCUT2D eigenvalue weighted by Crippen LogP contribution is 2.39. The maximum absolute atomic E-state index is 13.6. The Bertz CT molecular complexity index is 932. The van der Waals surface area contributed by atoms with Crippen molar-refractivity contribution in [3.63, 3.8) is 0 Å². The Kier molecular flexibility index (Phi) is 5.52. The number of fused-ring (bicyclic) bond motifs is 1. The van der Waals surface area contributed by atoms with Crippen molar-refractivity contribution in [1.82, 2.24) is 5.32 Å². The summed E-state index contributed by atoms with van der Waals surface area (Å²) in [6, 6.07) is 14.4. The van der Waals surface area contributed by atoms with Crippen molar-refractivity contribution in [2.45, 2.75) is 52.3 Å². The summed E-state index contributed by atoms with van der Waals surface area (Å²) in [6.45, 7) is 10.3. The fourth-order valence-corrected chi connectivity index (χ4v) is 4.30. The fraction of sp³-hybridized carbons (Fsp3) is 0.391. The quantitative estimate of drug-likeness (QED) is 0.602. The molecule has 0 spiro atoms. The van der Waals surface area contributed by atoms with E-state index in [0.717, 1.165) is 10.9 Å². The summed E-state index contributed by atoms with van der Waals surface area (Å²) in [4.78, 5) is 26.2. The summed E-state index contributed by atoms with van der Waals surface area (Å²) in [5.74, 6) is -0.915. The van der Waals surface area contributed by atoms with Gasteiger partial charge in [0.1, 0.15) is 0 Å². The van der Waals surface area contributed by atoms with Gasteiger partial charge in [0.05, 0.1) is 5.56 Å². The number of carbonyl (C=O) groups is 2. The molecule has 1 aliphatic rings. The van der Waals surface area contributed by atoms with Gasteiger partial charge in [-0.05, 0) is 56.0 Å². The van der Waals surface area contributed by atoms with E-state index < -0.39 is 23.1 Å². The Balaban J connectivity index is 2.01. The van der Waals surface area contributed by atoms with Crippen LogP contribution in [0.4, 0.5) is 5.69 Å². The van der Waals surface area contributed by atoms with Crippen molar-refractivity contribution in [2.24, 2.45) is 5.41 Å². The van der Waals surface area contributed by atoms with Crippen molar-refractivity contribution in [1.29, 1.82) is 0 Å². The van der Waals surface area contributed by atoms with Gasteiger partial charge >= 0.3 is 5.97 Å². The van der Waals surface area contributed by atoms with Crippen LogP contribution in [0.1, 0.15) is 57.0 Å². The molecule has 1 unspecified atom stereocenters. The number of benzene rings is 2. The minimum absolute atomic E-state index is 0.0212. The van der Waals surface area contributed by atoms with Gasteiger partial charge in [0.25, 0.3) is 11.6 Å². The van der Waals surface area contributed by atoms with Crippen LogP contribution < -0.4 is 10.6 Å². The van der Waals surface area contributed by atoms with Crippen LogP contribution >= 0.6 is 15.9 Å². The molecule has 0 aromatic heterocycles. The van der Waals surface area contributed by atoms with Gasteiger partial charge in [-0.25, -0.2) is 4.79 Å². The maximum atomic E-state index is 13.6. The van der Waals surface area contributed by atoms with E-state index in [-0.39, 0.29) is 5.41 Å². The largest absolute Gasteiger partial charge is 0.421 e. The molecule has 154 valence electrons. The van der Waals surface area contributed by atoms with Crippen LogP contribution in [-0.4, -0.2) is 17.4 Å². The number of esters is 1. The normalized spacial score (nSPS) is 18.8. The predicted octanol–water partition coefficient (Wildman–Crippen LogP) is 5.22. The van der Waals surface area contributed by atoms with Crippen molar-refractivity contribution >= 4 is 33.5 Å². The maximum Gasteiger partial charge on any atom is 0.341 e. The second-order valence-electron chi connectivity index (χ2n) is 9.32. The number of cyclic esters (lactones) is 1. The highest BCUT2D eigenvalue weighted by molar-refractivity contribution is 9.10. The van der Waals surface area contributed by atoms with Crippen molar-refractivity contribution < 1.29 is 14.3 Å². The van der Waals surface area contributed by atoms with E-state index in [2.05, 4.69) is 47.3 Å². The van der Waals surface area contributed by atoms with E-state index in [1.54, 1.807) is 24.3 Å². The number of nitrogens with one attached hydrogen (secondary N) is 2. The Morgan fingerprint density at radius 1 is 1.03 bits per heavy atom. The van der Waals surface area contributed by atoms with Crippen LogP contribution in [0.25, 0.3) is 0 Å². The molecule has 0 saturated carbocycles. The molecular weight excluding hydrogens is 432 g/mol. The summed E-state index contributed by atoms with van der Waals surface area (Å²) in [7, 11) is 0. The number of hydrogen-bond donors (Lipinski definition) is 2. The van der Waals surface area contributed by atoms with Gasteiger partial charge in [-0.3, -0.25) is 4.79 Å². The summed E-state index contributed by atoms with van der Waals surface area (Å²) < 4.78 is 6.63. The molecule has 1 atom stereocenters. The minimum Gasteiger partial charge on any atom is -0.421 e. The Labute approximate surface area is 180 Å². The topological polar surface area (TPSA) is 67.4 Å². The molecule has 3 rings (SSSR count). The first-order valence-electron chi connectivity index (χ1n) is 9.61. The molecule has 0 radical (unpaired) electrons. The average molecular weight is 459 g/mol. The Hall–Kier alpha value is -2.34. The molecule has 1 aliphatic heterocycles. The molecular formula is C23H27BrN2O3. The molecule has 6 heteroatoms. The van der Waals surface area contributed by atoms with Crippen LogP contribution in [0.15, 0.2) is 53.0 Å². The summed E-state index contributed by atoms with van der Waals surface area (Å²) in [6.07, 6.45) is 0.760. The molecule has 0 bridgehead atoms. The van der Waals surface area contributed by atoms with Gasteiger partial charge in [-0.1, -0.05) is 54.9 Å². The van der Waals surface area contributed by atoms with Crippen molar-refractivity contribution in [3.8, 4) is 0 Å². The number of hydrogen-bond acceptors (Lipinski definition) is 4. The van der Waals surface area contributed by atoms with Gasteiger partial charge in [-0.15, -0.1) is 0 Å². The van der Waals surface area contributed by atoms with Gasteiger partial charge in [0.15, 0.2) is 0 Å². The minimum atomic E-state index is -1.63. The van der Waals surface area contributed by atoms with E-state index in [1.807, 2.05) is 38.1 Å². The molecule has 2 N–H and O–H groups in total. The highest BCUT2D eigenvalue weighted by atomic mass is 79.9. The molecule has 29 heavy (non-hydrogen) atoms. The average Bonchev–Trinajstić information content (AvgIpc) is 2.88. The van der Waals surface area contributed by atoms with E-state index in [1.165, 1.54) is 0 Å². The second-order valence-corrected chi connectivity index (χ2v) is 10.2. The number of halogens is 1. The third-order valence-corrected chi connectivity index (χ3v) is 5.21. The van der Waals surface area contributed by atoms with E-state index >= 15 is 0 Å². The molecule has 1 amide bonds. The van der Waals surface area contributed by atoms with Gasteiger partial charge < -0.3 is 15.4 Å². The van der Waals surface area contributed by atoms with E-state index in [9.17, 15) is 9.59 Å². The monoisotopic (exact) mass is 458 g/mol. The number of amides is 1. The lowest BCUT2D eigenvalue weighted by molar-refractivity contribution is -0.139. The van der Waals surface area contributed by atoms with Crippen molar-refractivity contribution in [2.75, 3.05) is 5.32 Å². The first kappa shape index (κ1) is 21.4. The standard InChI is InChI=1S/C23H27BrN2O3/c1-21(2,3)14-22(4,5)26-20(28)23(25-16-12-10-15(24)11-13-16)18-9-7-6-8-17(18)19(27)29-23/h6-13,25H,14H2,1-5H3,(H,26,28). The Morgan fingerprint density at radius 3 is 2.28 bits per heavy atom.